The van der Waals surface area contributed by atoms with Crippen molar-refractivity contribution in [2.75, 3.05) is 36.8 Å². The molecule has 0 unspecified atom stereocenters. The van der Waals surface area contributed by atoms with Crippen LogP contribution in [0.5, 0.6) is 5.75 Å². The van der Waals surface area contributed by atoms with Gasteiger partial charge in [0, 0.05) is 45.8 Å². The number of rotatable bonds is 5. The minimum atomic E-state index is -0.475. The Morgan fingerprint density at radius 1 is 1.12 bits per heavy atom. The molecule has 0 radical (unpaired) electrons. The maximum atomic E-state index is 13.1. The van der Waals surface area contributed by atoms with Crippen LogP contribution < -0.4 is 26.6 Å². The van der Waals surface area contributed by atoms with Gasteiger partial charge in [-0.3, -0.25) is 18.7 Å². The number of anilines is 2. The predicted molar refractivity (Wildman–Crippen MR) is 126 cm³/mol. The highest BCUT2D eigenvalue weighted by Gasteiger charge is 2.26. The van der Waals surface area contributed by atoms with Crippen molar-refractivity contribution in [3.63, 3.8) is 0 Å². The van der Waals surface area contributed by atoms with E-state index < -0.39 is 11.2 Å². The maximum absolute atomic E-state index is 13.1. The van der Waals surface area contributed by atoms with Crippen LogP contribution in [0.1, 0.15) is 27.4 Å². The van der Waals surface area contributed by atoms with Gasteiger partial charge >= 0.3 is 5.69 Å². The monoisotopic (exact) mass is 468 g/mol. The molecule has 4 rings (SSSR count). The average Bonchev–Trinajstić information content (AvgIpc) is 3.17. The van der Waals surface area contributed by atoms with Crippen molar-refractivity contribution in [2.45, 2.75) is 20.5 Å². The van der Waals surface area contributed by atoms with Crippen LogP contribution in [0, 0.1) is 13.8 Å². The molecule has 1 aromatic carbocycles. The lowest BCUT2D eigenvalue weighted by Gasteiger charge is -2.36. The Morgan fingerprint density at radius 2 is 1.82 bits per heavy atom. The van der Waals surface area contributed by atoms with Gasteiger partial charge in [0.2, 0.25) is 0 Å². The highest BCUT2D eigenvalue weighted by atomic mass is 16.5. The maximum Gasteiger partial charge on any atom is 0.332 e. The number of benzene rings is 1. The highest BCUT2D eigenvalue weighted by molar-refractivity contribution is 5.94. The standard InChI is InChI=1S/C23H28N6O5/c1-14-18(15(2)34-25-14)13-33-17-7-5-6-16(12-17)21(30)29-10-8-28(9-11-29)19-20(24)26(3)23(32)27(4)22(19)31/h5-7,12H,8-11,13,24H2,1-4H3. The van der Waals surface area contributed by atoms with E-state index in [9.17, 15) is 14.4 Å². The summed E-state index contributed by atoms with van der Waals surface area (Å²) in [5, 5.41) is 3.92. The second-order valence-electron chi connectivity index (χ2n) is 8.34. The minimum absolute atomic E-state index is 0.121. The van der Waals surface area contributed by atoms with Crippen LogP contribution in [0.25, 0.3) is 0 Å². The fourth-order valence-corrected chi connectivity index (χ4v) is 4.04. The van der Waals surface area contributed by atoms with Gasteiger partial charge in [0.25, 0.3) is 11.5 Å². The molecule has 0 spiro atoms. The number of nitrogens with zero attached hydrogens (tertiary/aromatic N) is 5. The number of aromatic nitrogens is 3. The van der Waals surface area contributed by atoms with Gasteiger partial charge in [-0.1, -0.05) is 11.2 Å². The van der Waals surface area contributed by atoms with E-state index in [1.165, 1.54) is 18.7 Å². The van der Waals surface area contributed by atoms with Crippen molar-refractivity contribution in [2.24, 2.45) is 14.1 Å². The van der Waals surface area contributed by atoms with Crippen molar-refractivity contribution in [3.05, 3.63) is 67.7 Å². The van der Waals surface area contributed by atoms with E-state index in [4.69, 9.17) is 15.0 Å². The molecule has 11 heteroatoms. The van der Waals surface area contributed by atoms with E-state index >= 15 is 0 Å². The fourth-order valence-electron chi connectivity index (χ4n) is 4.04. The second kappa shape index (κ2) is 9.08. The fraction of sp³-hybridized carbons (Fsp3) is 0.391. The van der Waals surface area contributed by atoms with Crippen molar-refractivity contribution >= 4 is 17.4 Å². The number of piperazine rings is 1. The topological polar surface area (TPSA) is 129 Å². The number of carbonyl (C=O) groups excluding carboxylic acids is 1. The van der Waals surface area contributed by atoms with E-state index in [2.05, 4.69) is 5.16 Å². The van der Waals surface area contributed by atoms with Crippen LogP contribution in [0.4, 0.5) is 11.5 Å². The van der Waals surface area contributed by atoms with Crippen molar-refractivity contribution in [1.82, 2.24) is 19.2 Å². The molecular formula is C23H28N6O5. The number of ether oxygens (including phenoxy) is 1. The van der Waals surface area contributed by atoms with Gasteiger partial charge in [0.15, 0.2) is 0 Å². The number of amides is 1. The smallest absolute Gasteiger partial charge is 0.332 e. The van der Waals surface area contributed by atoms with E-state index in [0.29, 0.717) is 49.9 Å². The predicted octanol–water partition coefficient (Wildman–Crippen LogP) is 0.812. The average molecular weight is 469 g/mol. The quantitative estimate of drug-likeness (QED) is 0.583. The Hall–Kier alpha value is -4.02. The first kappa shape index (κ1) is 23.1. The van der Waals surface area contributed by atoms with E-state index in [-0.39, 0.29) is 17.4 Å². The van der Waals surface area contributed by atoms with Gasteiger partial charge in [0.1, 0.15) is 29.6 Å². The molecule has 3 aromatic rings. The first-order chi connectivity index (χ1) is 16.2. The number of hydrogen-bond donors (Lipinski definition) is 1. The van der Waals surface area contributed by atoms with E-state index in [1.807, 2.05) is 18.7 Å². The first-order valence-corrected chi connectivity index (χ1v) is 10.9. The molecule has 1 fully saturated rings. The molecule has 11 nitrogen and oxygen atoms in total. The van der Waals surface area contributed by atoms with Crippen molar-refractivity contribution in [1.29, 1.82) is 0 Å². The van der Waals surface area contributed by atoms with Gasteiger partial charge < -0.3 is 24.8 Å². The molecule has 34 heavy (non-hydrogen) atoms. The Bertz CT molecular complexity index is 1330. The molecule has 180 valence electrons. The third-order valence-electron chi connectivity index (χ3n) is 6.21. The summed E-state index contributed by atoms with van der Waals surface area (Å²) in [4.78, 5) is 41.4. The molecule has 2 aromatic heterocycles. The van der Waals surface area contributed by atoms with Crippen molar-refractivity contribution in [3.8, 4) is 5.75 Å². The van der Waals surface area contributed by atoms with Crippen molar-refractivity contribution < 1.29 is 14.1 Å². The van der Waals surface area contributed by atoms with E-state index in [0.717, 1.165) is 15.8 Å². The Kier molecular flexibility index (Phi) is 6.18. The van der Waals surface area contributed by atoms with Crippen LogP contribution in [-0.4, -0.2) is 51.3 Å². The zero-order chi connectivity index (χ0) is 24.6. The second-order valence-corrected chi connectivity index (χ2v) is 8.34. The number of nitrogens with two attached hydrogens (primary N) is 1. The molecule has 0 bridgehead atoms. The molecule has 3 heterocycles. The molecule has 1 aliphatic heterocycles. The van der Waals surface area contributed by atoms with Crippen LogP contribution in [0.3, 0.4) is 0 Å². The summed E-state index contributed by atoms with van der Waals surface area (Å²) in [7, 11) is 2.95. The molecule has 1 aliphatic rings. The lowest BCUT2D eigenvalue weighted by atomic mass is 10.1. The highest BCUT2D eigenvalue weighted by Crippen LogP contribution is 2.21. The van der Waals surface area contributed by atoms with Gasteiger partial charge in [-0.15, -0.1) is 0 Å². The van der Waals surface area contributed by atoms with Gasteiger partial charge in [-0.05, 0) is 32.0 Å². The summed E-state index contributed by atoms with van der Waals surface area (Å²) in [5.41, 5.74) is 7.62. The van der Waals surface area contributed by atoms with Gasteiger partial charge in [-0.2, -0.15) is 0 Å². The summed E-state index contributed by atoms with van der Waals surface area (Å²) >= 11 is 0. The molecule has 0 atom stereocenters. The van der Waals surface area contributed by atoms with Crippen LogP contribution in [0.15, 0.2) is 38.4 Å². The van der Waals surface area contributed by atoms with Crippen LogP contribution in [-0.2, 0) is 20.7 Å². The minimum Gasteiger partial charge on any atom is -0.489 e. The summed E-state index contributed by atoms with van der Waals surface area (Å²) < 4.78 is 13.3. The molecule has 0 aliphatic carbocycles. The Morgan fingerprint density at radius 3 is 2.47 bits per heavy atom. The normalized spacial score (nSPS) is 13.9. The summed E-state index contributed by atoms with van der Waals surface area (Å²) in [6.45, 7) is 5.65. The molecule has 2 N–H and O–H groups in total. The zero-order valence-corrected chi connectivity index (χ0v) is 19.7. The van der Waals surface area contributed by atoms with Gasteiger partial charge in [-0.25, -0.2) is 4.79 Å². The Labute approximate surface area is 195 Å². The number of hydrogen-bond acceptors (Lipinski definition) is 8. The largest absolute Gasteiger partial charge is 0.489 e. The molecule has 0 saturated carbocycles. The first-order valence-electron chi connectivity index (χ1n) is 10.9. The van der Waals surface area contributed by atoms with E-state index in [1.54, 1.807) is 29.2 Å². The summed E-state index contributed by atoms with van der Waals surface area (Å²) in [5.74, 6) is 1.28. The van der Waals surface area contributed by atoms with Crippen LogP contribution >= 0.6 is 0 Å². The summed E-state index contributed by atoms with van der Waals surface area (Å²) in [6, 6.07) is 7.04. The zero-order valence-electron chi connectivity index (χ0n) is 19.7. The number of nitrogen functional groups attached to an aromatic ring is 1. The van der Waals surface area contributed by atoms with Crippen LogP contribution in [0.2, 0.25) is 0 Å². The SMILES string of the molecule is Cc1noc(C)c1COc1cccc(C(=O)N2CCN(c3c(N)n(C)c(=O)n(C)c3=O)CC2)c1. The number of aryl methyl sites for hydroxylation is 2. The lowest BCUT2D eigenvalue weighted by molar-refractivity contribution is 0.0746. The van der Waals surface area contributed by atoms with Gasteiger partial charge in [0.05, 0.1) is 11.3 Å². The Balaban J connectivity index is 1.44. The molecule has 1 amide bonds. The third kappa shape index (κ3) is 4.16. The molecule has 1 saturated heterocycles. The summed E-state index contributed by atoms with van der Waals surface area (Å²) in [6.07, 6.45) is 0. The molecular weight excluding hydrogens is 440 g/mol. The lowest BCUT2D eigenvalue weighted by Crippen LogP contribution is -2.52. The third-order valence-corrected chi connectivity index (χ3v) is 6.21. The number of carbonyl (C=O) groups is 1.